The van der Waals surface area contributed by atoms with Gasteiger partial charge in [0.1, 0.15) is 0 Å². The normalized spacial score (nSPS) is 13.5. The van der Waals surface area contributed by atoms with Gasteiger partial charge in [-0.15, -0.1) is 0 Å². The third kappa shape index (κ3) is 8.06. The van der Waals surface area contributed by atoms with E-state index in [1.54, 1.807) is 0 Å². The van der Waals surface area contributed by atoms with E-state index >= 15 is 0 Å². The lowest BCUT2D eigenvalue weighted by molar-refractivity contribution is -0.130. The van der Waals surface area contributed by atoms with Gasteiger partial charge >= 0.3 is 0 Å². The Balaban J connectivity index is 1.12. The smallest absolute Gasteiger partial charge is 0.233 e. The second kappa shape index (κ2) is 14.4. The summed E-state index contributed by atoms with van der Waals surface area (Å²) in [4.78, 5) is 31.7. The van der Waals surface area contributed by atoms with Gasteiger partial charge in [0, 0.05) is 37.6 Å². The Kier molecular flexibility index (Phi) is 9.68. The van der Waals surface area contributed by atoms with Crippen molar-refractivity contribution in [3.05, 3.63) is 131 Å². The number of aromatic nitrogens is 3. The third-order valence-electron chi connectivity index (χ3n) is 7.82. The van der Waals surface area contributed by atoms with E-state index in [4.69, 9.17) is 0 Å². The van der Waals surface area contributed by atoms with Gasteiger partial charge in [0.15, 0.2) is 5.16 Å². The molecule has 5 aromatic rings. The Morgan fingerprint density at radius 2 is 1.13 bits per heavy atom. The molecule has 1 aliphatic rings. The number of carbonyl (C=O) groups excluding carboxylic acids is 1. The van der Waals surface area contributed by atoms with Gasteiger partial charge in [0.05, 0.1) is 11.8 Å². The number of thioether (sulfide) groups is 1. The van der Waals surface area contributed by atoms with Crippen molar-refractivity contribution < 1.29 is 4.79 Å². The van der Waals surface area contributed by atoms with Crippen LogP contribution in [0.15, 0.2) is 114 Å². The topological polar surface area (TPSA) is 86.3 Å². The SMILES string of the molecule is Cc1ccc(Nc2nc(Nc3ccc(C)cc3)nc(SCC(=O)N3CCN(C(c4ccccc4)c4ccccc4)CC3)n2)cc1. The zero-order valence-corrected chi connectivity index (χ0v) is 26.4. The van der Waals surface area contributed by atoms with Crippen molar-refractivity contribution >= 4 is 40.9 Å². The van der Waals surface area contributed by atoms with Gasteiger partial charge in [-0.25, -0.2) is 0 Å². The first kappa shape index (κ1) is 30.3. The summed E-state index contributed by atoms with van der Waals surface area (Å²) in [5.41, 5.74) is 6.62. The number of hydrogen-bond donors (Lipinski definition) is 2. The molecule has 0 saturated carbocycles. The van der Waals surface area contributed by atoms with Crippen molar-refractivity contribution in [2.24, 2.45) is 0 Å². The molecule has 8 nitrogen and oxygen atoms in total. The van der Waals surface area contributed by atoms with Gasteiger partial charge in [-0.1, -0.05) is 108 Å². The van der Waals surface area contributed by atoms with Crippen LogP contribution < -0.4 is 10.6 Å². The van der Waals surface area contributed by atoms with Crippen LogP contribution in [0.3, 0.4) is 0 Å². The molecule has 1 fully saturated rings. The van der Waals surface area contributed by atoms with Crippen LogP contribution in [-0.2, 0) is 4.79 Å². The van der Waals surface area contributed by atoms with Gasteiger partial charge < -0.3 is 15.5 Å². The molecule has 0 bridgehead atoms. The number of benzene rings is 4. The molecule has 6 rings (SSSR count). The summed E-state index contributed by atoms with van der Waals surface area (Å²) in [6.07, 6.45) is 0. The molecule has 228 valence electrons. The molecule has 45 heavy (non-hydrogen) atoms. The van der Waals surface area contributed by atoms with Crippen molar-refractivity contribution in [1.82, 2.24) is 24.8 Å². The van der Waals surface area contributed by atoms with E-state index in [-0.39, 0.29) is 17.7 Å². The molecule has 1 aliphatic heterocycles. The maximum Gasteiger partial charge on any atom is 0.233 e. The molecule has 0 radical (unpaired) electrons. The fourth-order valence-corrected chi connectivity index (χ4v) is 6.13. The van der Waals surface area contributed by atoms with E-state index in [0.717, 1.165) is 24.5 Å². The van der Waals surface area contributed by atoms with Crippen LogP contribution >= 0.6 is 11.8 Å². The van der Waals surface area contributed by atoms with E-state index in [9.17, 15) is 4.79 Å². The second-order valence-electron chi connectivity index (χ2n) is 11.2. The first-order valence-electron chi connectivity index (χ1n) is 15.2. The number of nitrogens with one attached hydrogen (secondary N) is 2. The number of amides is 1. The van der Waals surface area contributed by atoms with Crippen LogP contribution in [0.1, 0.15) is 28.3 Å². The minimum absolute atomic E-state index is 0.0807. The number of anilines is 4. The lowest BCUT2D eigenvalue weighted by atomic mass is 9.96. The number of rotatable bonds is 10. The van der Waals surface area contributed by atoms with Crippen molar-refractivity contribution in [3.63, 3.8) is 0 Å². The van der Waals surface area contributed by atoms with Crippen LogP contribution in [0.4, 0.5) is 23.3 Å². The zero-order valence-electron chi connectivity index (χ0n) is 25.6. The maximum atomic E-state index is 13.4. The minimum Gasteiger partial charge on any atom is -0.339 e. The quantitative estimate of drug-likeness (QED) is 0.163. The molecule has 4 aromatic carbocycles. The van der Waals surface area contributed by atoms with Gasteiger partial charge in [-0.2, -0.15) is 15.0 Å². The van der Waals surface area contributed by atoms with Gasteiger partial charge in [-0.3, -0.25) is 9.69 Å². The molecule has 1 aromatic heterocycles. The Labute approximate surface area is 269 Å². The lowest BCUT2D eigenvalue weighted by Gasteiger charge is -2.39. The molecule has 0 unspecified atom stereocenters. The molecule has 1 amide bonds. The average molecular weight is 616 g/mol. The average Bonchev–Trinajstić information content (AvgIpc) is 3.07. The van der Waals surface area contributed by atoms with Crippen LogP contribution in [0.25, 0.3) is 0 Å². The molecule has 0 atom stereocenters. The first-order chi connectivity index (χ1) is 22.0. The van der Waals surface area contributed by atoms with E-state index in [0.29, 0.717) is 30.1 Å². The standard InChI is InChI=1S/C36H37N7OS/c1-26-13-17-30(18-14-26)37-34-39-35(38-31-19-15-27(2)16-20-31)41-36(40-34)45-25-32(44)42-21-23-43(24-22-42)33(28-9-5-3-6-10-28)29-11-7-4-8-12-29/h3-20,33H,21-25H2,1-2H3,(H2,37,38,39,40,41). The summed E-state index contributed by atoms with van der Waals surface area (Å²) in [5.74, 6) is 1.16. The zero-order chi connectivity index (χ0) is 31.0. The van der Waals surface area contributed by atoms with E-state index < -0.39 is 0 Å². The monoisotopic (exact) mass is 615 g/mol. The molecule has 0 spiro atoms. The highest BCUT2D eigenvalue weighted by Gasteiger charge is 2.28. The number of aryl methyl sites for hydroxylation is 2. The molecule has 2 N–H and O–H groups in total. The fourth-order valence-electron chi connectivity index (χ4n) is 5.40. The van der Waals surface area contributed by atoms with E-state index in [2.05, 4.69) is 91.1 Å². The van der Waals surface area contributed by atoms with Crippen molar-refractivity contribution in [3.8, 4) is 0 Å². The summed E-state index contributed by atoms with van der Waals surface area (Å²) < 4.78 is 0. The number of nitrogens with zero attached hydrogens (tertiary/aromatic N) is 5. The molecular weight excluding hydrogens is 579 g/mol. The molecule has 1 saturated heterocycles. The van der Waals surface area contributed by atoms with E-state index in [1.165, 1.54) is 34.0 Å². The predicted molar refractivity (Wildman–Crippen MR) is 182 cm³/mol. The Morgan fingerprint density at radius 1 is 0.667 bits per heavy atom. The van der Waals surface area contributed by atoms with Crippen molar-refractivity contribution in [2.75, 3.05) is 42.6 Å². The van der Waals surface area contributed by atoms with Crippen molar-refractivity contribution in [2.45, 2.75) is 25.0 Å². The number of hydrogen-bond acceptors (Lipinski definition) is 8. The van der Waals surface area contributed by atoms with Crippen LogP contribution in [0.2, 0.25) is 0 Å². The fraction of sp³-hybridized carbons (Fsp3) is 0.222. The van der Waals surface area contributed by atoms with Gasteiger partial charge in [0.25, 0.3) is 0 Å². The summed E-state index contributed by atoms with van der Waals surface area (Å²) in [7, 11) is 0. The summed E-state index contributed by atoms with van der Waals surface area (Å²) >= 11 is 1.33. The van der Waals surface area contributed by atoms with Crippen molar-refractivity contribution in [1.29, 1.82) is 0 Å². The number of piperazine rings is 1. The Morgan fingerprint density at radius 3 is 1.60 bits per heavy atom. The minimum atomic E-state index is 0.0807. The Bertz CT molecular complexity index is 1590. The van der Waals surface area contributed by atoms with Crippen LogP contribution in [-0.4, -0.2) is 62.6 Å². The third-order valence-corrected chi connectivity index (χ3v) is 8.65. The van der Waals surface area contributed by atoms with E-state index in [1.807, 2.05) is 67.3 Å². The summed E-state index contributed by atoms with van der Waals surface area (Å²) in [6, 6.07) is 37.4. The largest absolute Gasteiger partial charge is 0.339 e. The Hall–Kier alpha value is -4.73. The van der Waals surface area contributed by atoms with Crippen LogP contribution in [0.5, 0.6) is 0 Å². The molecule has 0 aliphatic carbocycles. The lowest BCUT2D eigenvalue weighted by Crippen LogP contribution is -2.50. The molecular formula is C36H37N7OS. The highest BCUT2D eigenvalue weighted by Crippen LogP contribution is 2.30. The molecule has 2 heterocycles. The summed E-state index contributed by atoms with van der Waals surface area (Å²) in [6.45, 7) is 7.04. The maximum absolute atomic E-state index is 13.4. The summed E-state index contributed by atoms with van der Waals surface area (Å²) in [5, 5.41) is 7.05. The van der Waals surface area contributed by atoms with Gasteiger partial charge in [-0.05, 0) is 49.2 Å². The number of carbonyl (C=O) groups is 1. The second-order valence-corrected chi connectivity index (χ2v) is 12.1. The predicted octanol–water partition coefficient (Wildman–Crippen LogP) is 7.00. The van der Waals surface area contributed by atoms with Gasteiger partial charge in [0.2, 0.25) is 17.8 Å². The van der Waals surface area contributed by atoms with Crippen LogP contribution in [0, 0.1) is 13.8 Å². The first-order valence-corrected chi connectivity index (χ1v) is 16.2. The molecule has 9 heteroatoms. The highest BCUT2D eigenvalue weighted by molar-refractivity contribution is 7.99. The highest BCUT2D eigenvalue weighted by atomic mass is 32.2.